The number of methoxy groups -OCH3 is 1. The van der Waals surface area contributed by atoms with Gasteiger partial charge in [0.2, 0.25) is 5.91 Å². The molecule has 220 valence electrons. The molecule has 43 heavy (non-hydrogen) atoms. The van der Waals surface area contributed by atoms with E-state index in [1.54, 1.807) is 7.11 Å². The minimum absolute atomic E-state index is 0.142. The molecule has 7 heteroatoms. The third kappa shape index (κ3) is 5.86. The Hall–Kier alpha value is -4.62. The highest BCUT2D eigenvalue weighted by atomic mass is 16.6. The summed E-state index contributed by atoms with van der Waals surface area (Å²) in [6, 6.07) is 35.3. The third-order valence-corrected chi connectivity index (χ3v) is 8.60. The van der Waals surface area contributed by atoms with E-state index in [1.807, 2.05) is 104 Å². The number of cyclic esters (lactones) is 1. The summed E-state index contributed by atoms with van der Waals surface area (Å²) in [6.07, 6.45) is -0.595. The van der Waals surface area contributed by atoms with Crippen LogP contribution < -0.4 is 9.47 Å². The second-order valence-electron chi connectivity index (χ2n) is 11.5. The lowest BCUT2D eigenvalue weighted by molar-refractivity contribution is -0.139. The molecule has 0 N–H and O–H groups in total. The predicted molar refractivity (Wildman–Crippen MR) is 164 cm³/mol. The summed E-state index contributed by atoms with van der Waals surface area (Å²) < 4.78 is 17.3. The quantitative estimate of drug-likeness (QED) is 0.224. The van der Waals surface area contributed by atoms with E-state index in [0.29, 0.717) is 37.7 Å². The maximum atomic E-state index is 14.6. The fraction of sp³-hybridized carbons (Fsp3) is 0.278. The smallest absolute Gasteiger partial charge is 0.417 e. The van der Waals surface area contributed by atoms with Gasteiger partial charge in [0.05, 0.1) is 12.5 Å². The second kappa shape index (κ2) is 12.3. The molecule has 6 rings (SSSR count). The monoisotopic (exact) mass is 576 g/mol. The van der Waals surface area contributed by atoms with Crippen LogP contribution in [-0.2, 0) is 22.7 Å². The van der Waals surface area contributed by atoms with Crippen LogP contribution in [0.3, 0.4) is 0 Å². The predicted octanol–water partition coefficient (Wildman–Crippen LogP) is 6.60. The van der Waals surface area contributed by atoms with Gasteiger partial charge in [0.25, 0.3) is 0 Å². The molecule has 0 radical (unpaired) electrons. The second-order valence-corrected chi connectivity index (χ2v) is 11.5. The topological polar surface area (TPSA) is 68.3 Å². The number of likely N-dealkylation sites (tertiary alicyclic amines) is 1. The summed E-state index contributed by atoms with van der Waals surface area (Å²) in [5.74, 6) is 0.799. The molecular weight excluding hydrogens is 540 g/mol. The molecule has 2 fully saturated rings. The molecule has 3 atom stereocenters. The number of hydrogen-bond donors (Lipinski definition) is 0. The highest BCUT2D eigenvalue weighted by molar-refractivity contribution is 5.97. The molecule has 2 amide bonds. The van der Waals surface area contributed by atoms with Gasteiger partial charge in [0, 0.05) is 25.6 Å². The van der Waals surface area contributed by atoms with Gasteiger partial charge < -0.3 is 14.2 Å². The Balaban J connectivity index is 1.35. The van der Waals surface area contributed by atoms with Crippen LogP contribution in [-0.4, -0.2) is 48.6 Å². The molecule has 0 spiro atoms. The maximum Gasteiger partial charge on any atom is 0.417 e. The summed E-state index contributed by atoms with van der Waals surface area (Å²) in [4.78, 5) is 31.3. The minimum Gasteiger partial charge on any atom is -0.493 e. The van der Waals surface area contributed by atoms with E-state index in [0.717, 1.165) is 16.7 Å². The first-order chi connectivity index (χ1) is 21.0. The Morgan fingerprint density at radius 1 is 0.860 bits per heavy atom. The van der Waals surface area contributed by atoms with Gasteiger partial charge in [-0.05, 0) is 41.3 Å². The van der Waals surface area contributed by atoms with Gasteiger partial charge in [0.15, 0.2) is 11.5 Å². The van der Waals surface area contributed by atoms with E-state index in [2.05, 4.69) is 17.0 Å². The molecule has 2 saturated heterocycles. The zero-order valence-electron chi connectivity index (χ0n) is 24.5. The van der Waals surface area contributed by atoms with E-state index in [-0.39, 0.29) is 18.4 Å². The van der Waals surface area contributed by atoms with Crippen LogP contribution in [0.4, 0.5) is 4.79 Å². The number of ether oxygens (including phenoxy) is 3. The van der Waals surface area contributed by atoms with Gasteiger partial charge in [-0.3, -0.25) is 9.69 Å². The number of amides is 2. The Bertz CT molecular complexity index is 1560. The first-order valence-electron chi connectivity index (χ1n) is 14.6. The Morgan fingerprint density at radius 2 is 1.51 bits per heavy atom. The van der Waals surface area contributed by atoms with Crippen molar-refractivity contribution < 1.29 is 23.8 Å². The molecule has 0 aliphatic carbocycles. The molecule has 0 unspecified atom stereocenters. The summed E-state index contributed by atoms with van der Waals surface area (Å²) >= 11 is 0. The van der Waals surface area contributed by atoms with E-state index in [4.69, 9.17) is 14.2 Å². The minimum atomic E-state index is -0.906. The zero-order chi connectivity index (χ0) is 29.8. The molecule has 0 bridgehead atoms. The normalized spacial score (nSPS) is 21.9. The summed E-state index contributed by atoms with van der Waals surface area (Å²) in [5, 5.41) is 0. The molecule has 7 nitrogen and oxygen atoms in total. The van der Waals surface area contributed by atoms with Crippen molar-refractivity contribution in [2.45, 2.75) is 32.0 Å². The van der Waals surface area contributed by atoms with Crippen molar-refractivity contribution in [3.63, 3.8) is 0 Å². The lowest BCUT2D eigenvalue weighted by atomic mass is 9.74. The van der Waals surface area contributed by atoms with Crippen molar-refractivity contribution >= 4 is 12.0 Å². The molecule has 4 aromatic rings. The Kier molecular flexibility index (Phi) is 8.16. The Morgan fingerprint density at radius 3 is 2.19 bits per heavy atom. The first-order valence-corrected chi connectivity index (χ1v) is 14.6. The summed E-state index contributed by atoms with van der Waals surface area (Å²) in [6.45, 7) is 4.33. The maximum absolute atomic E-state index is 14.6. The number of imide groups is 1. The van der Waals surface area contributed by atoms with Gasteiger partial charge in [-0.1, -0.05) is 97.1 Å². The van der Waals surface area contributed by atoms with Crippen LogP contribution in [0.2, 0.25) is 0 Å². The van der Waals surface area contributed by atoms with Gasteiger partial charge in [-0.25, -0.2) is 9.69 Å². The number of nitrogens with zero attached hydrogens (tertiary/aromatic N) is 2. The lowest BCUT2D eigenvalue weighted by Crippen LogP contribution is -2.47. The zero-order valence-corrected chi connectivity index (χ0v) is 24.5. The van der Waals surface area contributed by atoms with E-state index < -0.39 is 17.6 Å². The molecule has 2 heterocycles. The molecule has 2 aliphatic rings. The fourth-order valence-corrected chi connectivity index (χ4v) is 6.35. The van der Waals surface area contributed by atoms with Gasteiger partial charge >= 0.3 is 6.09 Å². The van der Waals surface area contributed by atoms with Crippen molar-refractivity contribution in [2.24, 2.45) is 5.41 Å². The lowest BCUT2D eigenvalue weighted by Gasteiger charge is -2.34. The molecule has 4 aromatic carbocycles. The van der Waals surface area contributed by atoms with E-state index >= 15 is 0 Å². The standard InChI is InChI=1S/C36H36N2O5/c1-36(34(39)38-31(24-43-35(38)40)28-16-10-5-11-17-28)25-37(21-26-12-6-3-7-13-26)22-30(36)29-18-19-32(41-2)33(20-29)42-23-27-14-8-4-9-15-27/h3-20,30-31H,21-25H2,1-2H3/t30-,31+,36-/m1/s1. The number of rotatable bonds is 9. The molecule has 0 saturated carbocycles. The van der Waals surface area contributed by atoms with Crippen LogP contribution in [0.15, 0.2) is 109 Å². The summed E-state index contributed by atoms with van der Waals surface area (Å²) in [5.41, 5.74) is 3.14. The summed E-state index contributed by atoms with van der Waals surface area (Å²) in [7, 11) is 1.62. The van der Waals surface area contributed by atoms with Crippen molar-refractivity contribution in [1.29, 1.82) is 0 Å². The molecule has 0 aromatic heterocycles. The SMILES string of the molecule is COc1ccc([C@H]2CN(Cc3ccccc3)C[C@@]2(C)C(=O)N2C(=O)OC[C@H]2c2ccccc2)cc1OCc1ccccc1. The van der Waals surface area contributed by atoms with Crippen LogP contribution in [0.1, 0.15) is 41.1 Å². The van der Waals surface area contributed by atoms with Gasteiger partial charge in [-0.2, -0.15) is 0 Å². The molecular formula is C36H36N2O5. The highest BCUT2D eigenvalue weighted by Crippen LogP contribution is 2.48. The van der Waals surface area contributed by atoms with Crippen LogP contribution >= 0.6 is 0 Å². The van der Waals surface area contributed by atoms with Crippen molar-refractivity contribution in [3.05, 3.63) is 131 Å². The molecule has 2 aliphatic heterocycles. The fourth-order valence-electron chi connectivity index (χ4n) is 6.35. The van der Waals surface area contributed by atoms with Crippen LogP contribution in [0.25, 0.3) is 0 Å². The largest absolute Gasteiger partial charge is 0.493 e. The highest BCUT2D eigenvalue weighted by Gasteiger charge is 2.54. The third-order valence-electron chi connectivity index (χ3n) is 8.60. The Labute approximate surface area is 252 Å². The number of carbonyl (C=O) groups is 2. The van der Waals surface area contributed by atoms with Crippen molar-refractivity contribution in [3.8, 4) is 11.5 Å². The average molecular weight is 577 g/mol. The van der Waals surface area contributed by atoms with Gasteiger partial charge in [-0.15, -0.1) is 0 Å². The van der Waals surface area contributed by atoms with Crippen molar-refractivity contribution in [2.75, 3.05) is 26.8 Å². The average Bonchev–Trinajstić information content (AvgIpc) is 3.60. The number of benzene rings is 4. The van der Waals surface area contributed by atoms with Crippen LogP contribution in [0.5, 0.6) is 11.5 Å². The number of carbonyl (C=O) groups excluding carboxylic acids is 2. The first kappa shape index (κ1) is 28.5. The van der Waals surface area contributed by atoms with E-state index in [1.165, 1.54) is 10.5 Å². The van der Waals surface area contributed by atoms with E-state index in [9.17, 15) is 9.59 Å². The van der Waals surface area contributed by atoms with Crippen LogP contribution in [0, 0.1) is 5.41 Å². The number of hydrogen-bond acceptors (Lipinski definition) is 6. The van der Waals surface area contributed by atoms with Crippen molar-refractivity contribution in [1.82, 2.24) is 9.80 Å². The van der Waals surface area contributed by atoms with Gasteiger partial charge in [0.1, 0.15) is 19.3 Å².